The van der Waals surface area contributed by atoms with Gasteiger partial charge < -0.3 is 18.8 Å². The minimum atomic E-state index is -4.41. The van der Waals surface area contributed by atoms with Crippen LogP contribution in [0.5, 0.6) is 11.5 Å². The summed E-state index contributed by atoms with van der Waals surface area (Å²) < 4.78 is 57.0. The van der Waals surface area contributed by atoms with Gasteiger partial charge in [-0.25, -0.2) is 4.98 Å². The van der Waals surface area contributed by atoms with Gasteiger partial charge in [-0.05, 0) is 42.3 Å². The first-order valence-corrected chi connectivity index (χ1v) is 9.13. The molecule has 3 rings (SSSR count). The molecule has 8 heteroatoms. The molecule has 0 aliphatic carbocycles. The second-order valence-corrected chi connectivity index (χ2v) is 6.59. The highest BCUT2D eigenvalue weighted by Crippen LogP contribution is 2.32. The second kappa shape index (κ2) is 8.73. The van der Waals surface area contributed by atoms with E-state index < -0.39 is 11.7 Å². The molecule has 0 N–H and O–H groups in total. The lowest BCUT2D eigenvalue weighted by Crippen LogP contribution is -2.07. The van der Waals surface area contributed by atoms with E-state index in [2.05, 4.69) is 4.98 Å². The molecule has 0 amide bonds. The highest BCUT2D eigenvalue weighted by atomic mass is 19.4. The van der Waals surface area contributed by atoms with Gasteiger partial charge in [-0.3, -0.25) is 0 Å². The van der Waals surface area contributed by atoms with Crippen molar-refractivity contribution in [3.05, 3.63) is 53.3 Å². The van der Waals surface area contributed by atoms with Crippen molar-refractivity contribution >= 4 is 11.0 Å². The van der Waals surface area contributed by atoms with E-state index in [-0.39, 0.29) is 0 Å². The summed E-state index contributed by atoms with van der Waals surface area (Å²) in [6.45, 7) is 1.15. The molecule has 0 spiro atoms. The molecule has 0 fully saturated rings. The summed E-state index contributed by atoms with van der Waals surface area (Å²) in [5.74, 6) is 1.88. The van der Waals surface area contributed by atoms with Crippen LogP contribution in [0.15, 0.2) is 36.4 Å². The number of imidazole rings is 1. The number of hydrogen-bond donors (Lipinski definition) is 0. The van der Waals surface area contributed by atoms with Crippen LogP contribution in [0.1, 0.15) is 23.4 Å². The third-order valence-electron chi connectivity index (χ3n) is 4.69. The zero-order valence-electron chi connectivity index (χ0n) is 16.5. The Balaban J connectivity index is 2.01. The van der Waals surface area contributed by atoms with E-state index in [0.29, 0.717) is 47.9 Å². The van der Waals surface area contributed by atoms with E-state index in [1.165, 1.54) is 6.07 Å². The molecule has 0 radical (unpaired) electrons. The van der Waals surface area contributed by atoms with Gasteiger partial charge in [0.1, 0.15) is 5.82 Å². The van der Waals surface area contributed by atoms with E-state index in [4.69, 9.17) is 14.2 Å². The predicted molar refractivity (Wildman–Crippen MR) is 104 cm³/mol. The largest absolute Gasteiger partial charge is 0.493 e. The molecule has 0 aliphatic heterocycles. The number of benzene rings is 2. The summed E-state index contributed by atoms with van der Waals surface area (Å²) in [6.07, 6.45) is -3.23. The predicted octanol–water partition coefficient (Wildman–Crippen LogP) is 4.70. The zero-order chi connectivity index (χ0) is 21.0. The maximum Gasteiger partial charge on any atom is 0.416 e. The van der Waals surface area contributed by atoms with Crippen molar-refractivity contribution < 1.29 is 27.4 Å². The van der Waals surface area contributed by atoms with Crippen molar-refractivity contribution in [2.24, 2.45) is 0 Å². The molecule has 0 aliphatic rings. The van der Waals surface area contributed by atoms with Crippen molar-refractivity contribution in [1.82, 2.24) is 9.55 Å². The van der Waals surface area contributed by atoms with Crippen LogP contribution in [0.2, 0.25) is 0 Å². The van der Waals surface area contributed by atoms with Crippen LogP contribution < -0.4 is 9.47 Å². The zero-order valence-corrected chi connectivity index (χ0v) is 16.5. The Morgan fingerprint density at radius 1 is 0.966 bits per heavy atom. The molecule has 0 atom stereocenters. The lowest BCUT2D eigenvalue weighted by Gasteiger charge is -2.12. The monoisotopic (exact) mass is 408 g/mol. The molecule has 0 saturated carbocycles. The van der Waals surface area contributed by atoms with Gasteiger partial charge in [-0.1, -0.05) is 6.07 Å². The van der Waals surface area contributed by atoms with E-state index in [1.54, 1.807) is 27.4 Å². The number of fused-ring (bicyclic) bond motifs is 1. The fourth-order valence-corrected chi connectivity index (χ4v) is 3.28. The van der Waals surface area contributed by atoms with Crippen molar-refractivity contribution in [2.45, 2.75) is 25.6 Å². The topological polar surface area (TPSA) is 45.5 Å². The van der Waals surface area contributed by atoms with Crippen molar-refractivity contribution in [2.75, 3.05) is 27.9 Å². The normalized spacial score (nSPS) is 11.8. The second-order valence-electron chi connectivity index (χ2n) is 6.59. The summed E-state index contributed by atoms with van der Waals surface area (Å²) in [5.41, 5.74) is 1.21. The lowest BCUT2D eigenvalue weighted by atomic mass is 10.1. The Morgan fingerprint density at radius 3 is 2.38 bits per heavy atom. The maximum absolute atomic E-state index is 13.1. The molecular formula is C21H23F3N2O3. The number of halogens is 3. The fraction of sp³-hybridized carbons (Fsp3) is 0.381. The maximum atomic E-state index is 13.1. The molecule has 5 nitrogen and oxygen atoms in total. The molecule has 1 aromatic heterocycles. The number of rotatable bonds is 8. The number of nitrogens with zero attached hydrogens (tertiary/aromatic N) is 2. The van der Waals surface area contributed by atoms with E-state index in [9.17, 15) is 13.2 Å². The average molecular weight is 408 g/mol. The highest BCUT2D eigenvalue weighted by Gasteiger charge is 2.31. The Bertz CT molecular complexity index is 983. The number of alkyl halides is 3. The minimum absolute atomic E-state index is 0.327. The average Bonchev–Trinajstić information content (AvgIpc) is 3.03. The fourth-order valence-electron chi connectivity index (χ4n) is 3.28. The first-order chi connectivity index (χ1) is 13.9. The molecule has 0 unspecified atom stereocenters. The summed E-state index contributed by atoms with van der Waals surface area (Å²) in [7, 11) is 4.73. The summed E-state index contributed by atoms with van der Waals surface area (Å²) in [5, 5.41) is 0. The Labute approximate surface area is 167 Å². The molecule has 0 bridgehead atoms. The molecule has 156 valence electrons. The SMILES string of the molecule is COCCCn1c(Cc2ccc(OC)c(OC)c2)nc2cc(C(F)(F)F)ccc21. The first kappa shape index (κ1) is 21.0. The van der Waals surface area contributed by atoms with Crippen molar-refractivity contribution in [3.8, 4) is 11.5 Å². The van der Waals surface area contributed by atoms with Gasteiger partial charge in [0.25, 0.3) is 0 Å². The molecule has 0 saturated heterocycles. The van der Waals surface area contributed by atoms with Gasteiger partial charge in [-0.15, -0.1) is 0 Å². The summed E-state index contributed by atoms with van der Waals surface area (Å²) in [4.78, 5) is 4.51. The van der Waals surface area contributed by atoms with Crippen LogP contribution in [0.25, 0.3) is 11.0 Å². The first-order valence-electron chi connectivity index (χ1n) is 9.13. The van der Waals surface area contributed by atoms with Gasteiger partial charge in [-0.2, -0.15) is 13.2 Å². The molecule has 29 heavy (non-hydrogen) atoms. The summed E-state index contributed by atoms with van der Waals surface area (Å²) in [6, 6.07) is 9.21. The molecular weight excluding hydrogens is 385 g/mol. The van der Waals surface area contributed by atoms with E-state index >= 15 is 0 Å². The van der Waals surface area contributed by atoms with E-state index in [1.807, 2.05) is 16.7 Å². The van der Waals surface area contributed by atoms with Gasteiger partial charge >= 0.3 is 6.18 Å². The Morgan fingerprint density at radius 2 is 1.72 bits per heavy atom. The van der Waals surface area contributed by atoms with Gasteiger partial charge in [0.05, 0.1) is 30.8 Å². The quantitative estimate of drug-likeness (QED) is 0.507. The number of ether oxygens (including phenoxy) is 3. The molecule has 2 aromatic carbocycles. The van der Waals surface area contributed by atoms with Crippen LogP contribution in [0.3, 0.4) is 0 Å². The lowest BCUT2D eigenvalue weighted by molar-refractivity contribution is -0.137. The standard InChI is InChI=1S/C21H23F3N2O3/c1-27-10-4-9-26-17-7-6-15(21(22,23)24)13-16(17)25-20(26)12-14-5-8-18(28-2)19(11-14)29-3/h5-8,11,13H,4,9-10,12H2,1-3H3. The van der Waals surface area contributed by atoms with Gasteiger partial charge in [0.15, 0.2) is 11.5 Å². The van der Waals surface area contributed by atoms with Crippen LogP contribution in [-0.4, -0.2) is 37.5 Å². The van der Waals surface area contributed by atoms with E-state index in [0.717, 1.165) is 24.1 Å². The van der Waals surface area contributed by atoms with Crippen molar-refractivity contribution in [3.63, 3.8) is 0 Å². The number of hydrogen-bond acceptors (Lipinski definition) is 4. The third-order valence-corrected chi connectivity index (χ3v) is 4.69. The smallest absolute Gasteiger partial charge is 0.416 e. The van der Waals surface area contributed by atoms with Crippen LogP contribution in [-0.2, 0) is 23.9 Å². The van der Waals surface area contributed by atoms with Crippen molar-refractivity contribution in [1.29, 1.82) is 0 Å². The minimum Gasteiger partial charge on any atom is -0.493 e. The molecule has 1 heterocycles. The van der Waals surface area contributed by atoms with Gasteiger partial charge in [0.2, 0.25) is 0 Å². The molecule has 3 aromatic rings. The van der Waals surface area contributed by atoms with Gasteiger partial charge in [0, 0.05) is 26.7 Å². The Hall–Kier alpha value is -2.74. The highest BCUT2D eigenvalue weighted by molar-refractivity contribution is 5.77. The van der Waals surface area contributed by atoms with Crippen LogP contribution in [0, 0.1) is 0 Å². The third kappa shape index (κ3) is 4.64. The summed E-state index contributed by atoms with van der Waals surface area (Å²) >= 11 is 0. The van der Waals surface area contributed by atoms with Crippen LogP contribution >= 0.6 is 0 Å². The number of aryl methyl sites for hydroxylation is 1. The number of methoxy groups -OCH3 is 3. The number of aromatic nitrogens is 2. The Kier molecular flexibility index (Phi) is 6.32. The van der Waals surface area contributed by atoms with Crippen LogP contribution in [0.4, 0.5) is 13.2 Å².